The zero-order valence-corrected chi connectivity index (χ0v) is 19.0. The molecule has 1 aliphatic heterocycles. The van der Waals surface area contributed by atoms with Crippen molar-refractivity contribution in [1.29, 1.82) is 0 Å². The van der Waals surface area contributed by atoms with Gasteiger partial charge in [0.25, 0.3) is 0 Å². The van der Waals surface area contributed by atoms with Gasteiger partial charge in [0.1, 0.15) is 12.4 Å². The number of aromatic nitrogens is 1. The number of pyridine rings is 1. The first-order valence-corrected chi connectivity index (χ1v) is 11.8. The second-order valence-electron chi connectivity index (χ2n) is 9.39. The van der Waals surface area contributed by atoms with Gasteiger partial charge in [0.05, 0.1) is 0 Å². The monoisotopic (exact) mass is 441 g/mol. The van der Waals surface area contributed by atoms with Crippen LogP contribution in [0.25, 0.3) is 0 Å². The Kier molecular flexibility index (Phi) is 6.40. The third kappa shape index (κ3) is 5.42. The van der Waals surface area contributed by atoms with E-state index >= 15 is 0 Å². The molecule has 5 nitrogen and oxygen atoms in total. The van der Waals surface area contributed by atoms with Crippen molar-refractivity contribution in [2.75, 3.05) is 13.1 Å². The van der Waals surface area contributed by atoms with Crippen molar-refractivity contribution < 1.29 is 9.53 Å². The molecule has 1 aliphatic carbocycles. The van der Waals surface area contributed by atoms with E-state index in [0.717, 1.165) is 50.2 Å². The molecule has 170 valence electrons. The first-order chi connectivity index (χ1) is 16.2. The lowest BCUT2D eigenvalue weighted by Gasteiger charge is -2.32. The minimum absolute atomic E-state index is 0.183. The van der Waals surface area contributed by atoms with Crippen molar-refractivity contribution in [2.24, 2.45) is 11.3 Å². The van der Waals surface area contributed by atoms with Gasteiger partial charge < -0.3 is 10.1 Å². The number of piperidine rings is 1. The van der Waals surface area contributed by atoms with E-state index in [-0.39, 0.29) is 17.2 Å². The molecule has 2 aromatic carbocycles. The predicted molar refractivity (Wildman–Crippen MR) is 128 cm³/mol. The molecule has 33 heavy (non-hydrogen) atoms. The number of carbonyl (C=O) groups excluding carboxylic acids is 1. The van der Waals surface area contributed by atoms with E-state index in [4.69, 9.17) is 4.74 Å². The molecule has 1 unspecified atom stereocenters. The summed E-state index contributed by atoms with van der Waals surface area (Å²) < 4.78 is 5.90. The van der Waals surface area contributed by atoms with E-state index in [1.807, 2.05) is 30.3 Å². The van der Waals surface area contributed by atoms with E-state index < -0.39 is 0 Å². The number of carbonyl (C=O) groups is 1. The SMILES string of the molecule is O=C(NCc1ccncc1)C1CC12CCN(Cc1ccc(OCc3ccccc3)cc1)CC2. The fourth-order valence-electron chi connectivity index (χ4n) is 4.93. The highest BCUT2D eigenvalue weighted by Gasteiger charge is 2.58. The molecule has 2 aliphatic rings. The molecule has 1 aromatic heterocycles. The fourth-order valence-corrected chi connectivity index (χ4v) is 4.93. The van der Waals surface area contributed by atoms with Crippen LogP contribution in [-0.2, 0) is 24.5 Å². The molecular formula is C28H31N3O2. The smallest absolute Gasteiger partial charge is 0.223 e. The zero-order valence-electron chi connectivity index (χ0n) is 19.0. The molecule has 1 saturated carbocycles. The first kappa shape index (κ1) is 21.7. The van der Waals surface area contributed by atoms with Gasteiger partial charge in [0.15, 0.2) is 0 Å². The van der Waals surface area contributed by atoms with Gasteiger partial charge in [-0.3, -0.25) is 14.7 Å². The summed E-state index contributed by atoms with van der Waals surface area (Å²) >= 11 is 0. The van der Waals surface area contributed by atoms with Gasteiger partial charge in [-0.25, -0.2) is 0 Å². The topological polar surface area (TPSA) is 54.5 Å². The molecule has 0 bridgehead atoms. The number of hydrogen-bond acceptors (Lipinski definition) is 4. The van der Waals surface area contributed by atoms with Crippen LogP contribution in [0.3, 0.4) is 0 Å². The van der Waals surface area contributed by atoms with Crippen LogP contribution in [0.15, 0.2) is 79.1 Å². The Morgan fingerprint density at radius 1 is 0.939 bits per heavy atom. The Labute approximate surface area is 195 Å². The van der Waals surface area contributed by atoms with Crippen LogP contribution in [0, 0.1) is 11.3 Å². The Balaban J connectivity index is 1.05. The summed E-state index contributed by atoms with van der Waals surface area (Å²) in [6.45, 7) is 4.24. The lowest BCUT2D eigenvalue weighted by atomic mass is 9.90. The van der Waals surface area contributed by atoms with Crippen LogP contribution in [0.4, 0.5) is 0 Å². The number of hydrogen-bond donors (Lipinski definition) is 1. The average molecular weight is 442 g/mol. The average Bonchev–Trinajstić information content (AvgIpc) is 3.58. The quantitative estimate of drug-likeness (QED) is 0.556. The standard InChI is InChI=1S/C28H31N3O2/c32-27(30-19-22-10-14-29-15-11-22)26-18-28(26)12-16-31(17-13-28)20-23-6-8-25(9-7-23)33-21-24-4-2-1-3-5-24/h1-11,14-15,26H,12-13,16-21H2,(H,30,32). The molecule has 1 amide bonds. The zero-order chi connectivity index (χ0) is 22.5. The third-order valence-electron chi connectivity index (χ3n) is 7.15. The van der Waals surface area contributed by atoms with Crippen LogP contribution in [0.2, 0.25) is 0 Å². The van der Waals surface area contributed by atoms with Crippen LogP contribution in [0.1, 0.15) is 36.0 Å². The molecule has 1 N–H and O–H groups in total. The van der Waals surface area contributed by atoms with Crippen LogP contribution in [-0.4, -0.2) is 28.9 Å². The van der Waals surface area contributed by atoms with Gasteiger partial charge in [-0.05, 0) is 78.7 Å². The largest absolute Gasteiger partial charge is 0.489 e. The van der Waals surface area contributed by atoms with E-state index in [1.165, 1.54) is 11.1 Å². The fraction of sp³-hybridized carbons (Fsp3) is 0.357. The molecule has 2 heterocycles. The van der Waals surface area contributed by atoms with E-state index in [2.05, 4.69) is 51.6 Å². The highest BCUT2D eigenvalue weighted by Crippen LogP contribution is 2.59. The van der Waals surface area contributed by atoms with Gasteiger partial charge in [0.2, 0.25) is 5.91 Å². The van der Waals surface area contributed by atoms with Crippen molar-refractivity contribution in [2.45, 2.75) is 39.0 Å². The third-order valence-corrected chi connectivity index (χ3v) is 7.15. The molecule has 1 saturated heterocycles. The van der Waals surface area contributed by atoms with Gasteiger partial charge in [-0.1, -0.05) is 42.5 Å². The maximum absolute atomic E-state index is 12.6. The lowest BCUT2D eigenvalue weighted by Crippen LogP contribution is -2.36. The molecule has 5 heteroatoms. The summed E-state index contributed by atoms with van der Waals surface area (Å²) in [5.41, 5.74) is 3.81. The second kappa shape index (κ2) is 9.75. The second-order valence-corrected chi connectivity index (χ2v) is 9.39. The number of benzene rings is 2. The number of nitrogens with zero attached hydrogens (tertiary/aromatic N) is 2. The van der Waals surface area contributed by atoms with Gasteiger partial charge in [-0.2, -0.15) is 0 Å². The summed E-state index contributed by atoms with van der Waals surface area (Å²) in [4.78, 5) is 19.2. The molecular weight excluding hydrogens is 410 g/mol. The molecule has 2 fully saturated rings. The van der Waals surface area contributed by atoms with Gasteiger partial charge in [0, 0.05) is 31.4 Å². The number of rotatable bonds is 8. The highest BCUT2D eigenvalue weighted by atomic mass is 16.5. The summed E-state index contributed by atoms with van der Waals surface area (Å²) in [6, 6.07) is 22.6. The highest BCUT2D eigenvalue weighted by molar-refractivity contribution is 5.82. The number of ether oxygens (including phenoxy) is 1. The lowest BCUT2D eigenvalue weighted by molar-refractivity contribution is -0.123. The first-order valence-electron chi connectivity index (χ1n) is 11.8. The van der Waals surface area contributed by atoms with E-state index in [1.54, 1.807) is 12.4 Å². The molecule has 3 aromatic rings. The maximum Gasteiger partial charge on any atom is 0.223 e. The summed E-state index contributed by atoms with van der Waals surface area (Å²) in [7, 11) is 0. The van der Waals surface area contributed by atoms with Gasteiger partial charge >= 0.3 is 0 Å². The Hall–Kier alpha value is -3.18. The number of amides is 1. The van der Waals surface area contributed by atoms with Crippen molar-refractivity contribution >= 4 is 5.91 Å². The Bertz CT molecular complexity index is 1050. The summed E-state index contributed by atoms with van der Waals surface area (Å²) in [6.07, 6.45) is 6.79. The van der Waals surface area contributed by atoms with Crippen LogP contribution >= 0.6 is 0 Å². The minimum Gasteiger partial charge on any atom is -0.489 e. The van der Waals surface area contributed by atoms with E-state index in [9.17, 15) is 4.79 Å². The molecule has 1 spiro atoms. The normalized spacial score (nSPS) is 19.2. The van der Waals surface area contributed by atoms with Crippen LogP contribution in [0.5, 0.6) is 5.75 Å². The number of nitrogens with one attached hydrogen (secondary N) is 1. The molecule has 1 atom stereocenters. The minimum atomic E-state index is 0.183. The van der Waals surface area contributed by atoms with Gasteiger partial charge in [-0.15, -0.1) is 0 Å². The van der Waals surface area contributed by atoms with E-state index in [0.29, 0.717) is 13.2 Å². The van der Waals surface area contributed by atoms with Crippen molar-refractivity contribution in [3.8, 4) is 5.75 Å². The summed E-state index contributed by atoms with van der Waals surface area (Å²) in [5.74, 6) is 1.30. The summed E-state index contributed by atoms with van der Waals surface area (Å²) in [5, 5.41) is 3.12. The molecule has 5 rings (SSSR count). The number of likely N-dealkylation sites (tertiary alicyclic amines) is 1. The predicted octanol–water partition coefficient (Wildman–Crippen LogP) is 4.58. The van der Waals surface area contributed by atoms with Crippen LogP contribution < -0.4 is 10.1 Å². The van der Waals surface area contributed by atoms with Crippen molar-refractivity contribution in [3.63, 3.8) is 0 Å². The Morgan fingerprint density at radius 2 is 1.67 bits per heavy atom. The molecule has 0 radical (unpaired) electrons. The Morgan fingerprint density at radius 3 is 2.39 bits per heavy atom. The maximum atomic E-state index is 12.6. The van der Waals surface area contributed by atoms with Crippen molar-refractivity contribution in [3.05, 3.63) is 95.8 Å². The van der Waals surface area contributed by atoms with Crippen molar-refractivity contribution in [1.82, 2.24) is 15.2 Å².